The van der Waals surface area contributed by atoms with Crippen LogP contribution >= 0.6 is 11.3 Å². The second kappa shape index (κ2) is 6.03. The average Bonchev–Trinajstić information content (AvgIpc) is 2.85. The van der Waals surface area contributed by atoms with Crippen molar-refractivity contribution in [3.63, 3.8) is 0 Å². The van der Waals surface area contributed by atoms with Crippen molar-refractivity contribution >= 4 is 11.3 Å². The summed E-state index contributed by atoms with van der Waals surface area (Å²) in [6, 6.07) is 12.4. The zero-order valence-electron chi connectivity index (χ0n) is 10.8. The molecule has 2 rings (SSSR count). The molecule has 96 valence electrons. The Kier molecular flexibility index (Phi) is 4.39. The second-order valence-electron chi connectivity index (χ2n) is 4.37. The molecule has 0 amide bonds. The number of benzene rings is 1. The first-order valence-corrected chi connectivity index (χ1v) is 7.06. The van der Waals surface area contributed by atoms with Gasteiger partial charge in [0.25, 0.3) is 0 Å². The van der Waals surface area contributed by atoms with E-state index in [1.54, 1.807) is 0 Å². The van der Waals surface area contributed by atoms with Crippen LogP contribution in [0.2, 0.25) is 0 Å². The first-order valence-electron chi connectivity index (χ1n) is 6.25. The van der Waals surface area contributed by atoms with Crippen LogP contribution in [-0.4, -0.2) is 0 Å². The molecule has 1 atom stereocenters. The van der Waals surface area contributed by atoms with Crippen LogP contribution in [0.15, 0.2) is 36.4 Å². The van der Waals surface area contributed by atoms with Crippen molar-refractivity contribution in [2.24, 2.45) is 5.73 Å². The molecule has 2 aromatic rings. The molecular formula is C15H19NOS. The van der Waals surface area contributed by atoms with Crippen LogP contribution in [0.1, 0.15) is 35.2 Å². The predicted molar refractivity (Wildman–Crippen MR) is 77.1 cm³/mol. The smallest absolute Gasteiger partial charge is 0.122 e. The Morgan fingerprint density at radius 1 is 1.11 bits per heavy atom. The van der Waals surface area contributed by atoms with Gasteiger partial charge in [0.05, 0.1) is 0 Å². The molecule has 0 radical (unpaired) electrons. The quantitative estimate of drug-likeness (QED) is 0.885. The minimum absolute atomic E-state index is 0.0726. The summed E-state index contributed by atoms with van der Waals surface area (Å²) in [5.41, 5.74) is 6.94. The van der Waals surface area contributed by atoms with Gasteiger partial charge in [-0.2, -0.15) is 0 Å². The Hall–Kier alpha value is -1.32. The molecule has 0 bridgehead atoms. The molecule has 1 heterocycles. The van der Waals surface area contributed by atoms with Gasteiger partial charge in [0.1, 0.15) is 12.4 Å². The normalized spacial score (nSPS) is 12.4. The van der Waals surface area contributed by atoms with E-state index in [0.29, 0.717) is 6.61 Å². The number of hydrogen-bond acceptors (Lipinski definition) is 3. The third kappa shape index (κ3) is 3.34. The highest BCUT2D eigenvalue weighted by molar-refractivity contribution is 7.11. The van der Waals surface area contributed by atoms with Crippen molar-refractivity contribution in [2.45, 2.75) is 32.9 Å². The van der Waals surface area contributed by atoms with Crippen LogP contribution in [0.25, 0.3) is 0 Å². The van der Waals surface area contributed by atoms with E-state index in [1.165, 1.54) is 9.75 Å². The largest absolute Gasteiger partial charge is 0.488 e. The number of rotatable bonds is 5. The van der Waals surface area contributed by atoms with E-state index < -0.39 is 0 Å². The van der Waals surface area contributed by atoms with Crippen LogP contribution in [0.3, 0.4) is 0 Å². The summed E-state index contributed by atoms with van der Waals surface area (Å²) >= 11 is 1.82. The molecular weight excluding hydrogens is 242 g/mol. The van der Waals surface area contributed by atoms with Crippen molar-refractivity contribution in [2.75, 3.05) is 0 Å². The van der Waals surface area contributed by atoms with Gasteiger partial charge in [-0.3, -0.25) is 0 Å². The zero-order valence-corrected chi connectivity index (χ0v) is 11.7. The Morgan fingerprint density at radius 3 is 2.33 bits per heavy atom. The summed E-state index contributed by atoms with van der Waals surface area (Å²) < 4.78 is 5.75. The van der Waals surface area contributed by atoms with Gasteiger partial charge in [-0.15, -0.1) is 11.3 Å². The van der Waals surface area contributed by atoms with E-state index in [9.17, 15) is 0 Å². The van der Waals surface area contributed by atoms with Gasteiger partial charge in [0.2, 0.25) is 0 Å². The summed E-state index contributed by atoms with van der Waals surface area (Å²) in [6.07, 6.45) is 1.09. The molecule has 1 aromatic heterocycles. The summed E-state index contributed by atoms with van der Waals surface area (Å²) in [4.78, 5) is 2.67. The molecule has 0 aliphatic carbocycles. The topological polar surface area (TPSA) is 35.2 Å². The lowest BCUT2D eigenvalue weighted by atomic mass is 10.1. The van der Waals surface area contributed by atoms with Crippen LogP contribution < -0.4 is 10.5 Å². The molecule has 3 heteroatoms. The zero-order chi connectivity index (χ0) is 13.0. The molecule has 18 heavy (non-hydrogen) atoms. The van der Waals surface area contributed by atoms with Crippen LogP contribution in [-0.2, 0) is 13.0 Å². The fourth-order valence-corrected chi connectivity index (χ4v) is 2.58. The highest BCUT2D eigenvalue weighted by atomic mass is 32.1. The molecule has 0 saturated carbocycles. The molecule has 1 unspecified atom stereocenters. The van der Waals surface area contributed by atoms with Gasteiger partial charge >= 0.3 is 0 Å². The van der Waals surface area contributed by atoms with Crippen molar-refractivity contribution < 1.29 is 4.74 Å². The van der Waals surface area contributed by atoms with Gasteiger partial charge in [-0.1, -0.05) is 19.1 Å². The lowest BCUT2D eigenvalue weighted by Gasteiger charge is -2.08. The van der Waals surface area contributed by atoms with E-state index in [2.05, 4.69) is 19.1 Å². The van der Waals surface area contributed by atoms with E-state index in [1.807, 2.05) is 42.5 Å². The molecule has 2 N–H and O–H groups in total. The first kappa shape index (κ1) is 13.1. The third-order valence-corrected chi connectivity index (χ3v) is 4.06. The maximum absolute atomic E-state index is 5.81. The maximum Gasteiger partial charge on any atom is 0.122 e. The maximum atomic E-state index is 5.81. The van der Waals surface area contributed by atoms with E-state index >= 15 is 0 Å². The highest BCUT2D eigenvalue weighted by Crippen LogP contribution is 2.21. The highest BCUT2D eigenvalue weighted by Gasteiger charge is 2.02. The Balaban J connectivity index is 1.93. The Labute approximate surface area is 112 Å². The predicted octanol–water partition coefficient (Wildman–Crippen LogP) is 3.91. The lowest BCUT2D eigenvalue weighted by molar-refractivity contribution is 0.309. The Morgan fingerprint density at radius 2 is 1.78 bits per heavy atom. The summed E-state index contributed by atoms with van der Waals surface area (Å²) in [5.74, 6) is 0.894. The minimum atomic E-state index is 0.0726. The minimum Gasteiger partial charge on any atom is -0.488 e. The fraction of sp³-hybridized carbons (Fsp3) is 0.333. The van der Waals surface area contributed by atoms with Crippen molar-refractivity contribution in [1.29, 1.82) is 0 Å². The third-order valence-electron chi connectivity index (χ3n) is 2.85. The van der Waals surface area contributed by atoms with Crippen LogP contribution in [0.4, 0.5) is 0 Å². The van der Waals surface area contributed by atoms with Crippen LogP contribution in [0, 0.1) is 0 Å². The van der Waals surface area contributed by atoms with Gasteiger partial charge in [0.15, 0.2) is 0 Å². The number of aryl methyl sites for hydroxylation is 1. The van der Waals surface area contributed by atoms with E-state index in [4.69, 9.17) is 10.5 Å². The number of thiophene rings is 1. The molecule has 0 aliphatic rings. The summed E-state index contributed by atoms with van der Waals surface area (Å²) in [7, 11) is 0. The van der Waals surface area contributed by atoms with Gasteiger partial charge in [0, 0.05) is 15.8 Å². The SMILES string of the molecule is CCc1ccc(COc2ccc(C(C)N)cc2)s1. The van der Waals surface area contributed by atoms with Crippen molar-refractivity contribution in [3.05, 3.63) is 51.7 Å². The Bertz CT molecular complexity index is 487. The molecule has 0 saturated heterocycles. The molecule has 1 aromatic carbocycles. The fourth-order valence-electron chi connectivity index (χ4n) is 1.71. The summed E-state index contributed by atoms with van der Waals surface area (Å²) in [5, 5.41) is 0. The number of nitrogens with two attached hydrogens (primary N) is 1. The van der Waals surface area contributed by atoms with Crippen molar-refractivity contribution in [3.8, 4) is 5.75 Å². The molecule has 2 nitrogen and oxygen atoms in total. The average molecular weight is 261 g/mol. The lowest BCUT2D eigenvalue weighted by Crippen LogP contribution is -2.04. The number of hydrogen-bond donors (Lipinski definition) is 1. The molecule has 0 spiro atoms. The molecule has 0 fully saturated rings. The monoisotopic (exact) mass is 261 g/mol. The van der Waals surface area contributed by atoms with Gasteiger partial charge in [-0.05, 0) is 43.2 Å². The standard InChI is InChI=1S/C15H19NOS/c1-3-14-8-9-15(18-14)10-17-13-6-4-12(5-7-13)11(2)16/h4-9,11H,3,10,16H2,1-2H3. The van der Waals surface area contributed by atoms with E-state index in [0.717, 1.165) is 17.7 Å². The summed E-state index contributed by atoms with van der Waals surface area (Å²) in [6.45, 7) is 4.79. The van der Waals surface area contributed by atoms with Crippen LogP contribution in [0.5, 0.6) is 5.75 Å². The van der Waals surface area contributed by atoms with E-state index in [-0.39, 0.29) is 6.04 Å². The van der Waals surface area contributed by atoms with Gasteiger partial charge in [-0.25, -0.2) is 0 Å². The number of ether oxygens (including phenoxy) is 1. The van der Waals surface area contributed by atoms with Gasteiger partial charge < -0.3 is 10.5 Å². The molecule has 0 aliphatic heterocycles. The second-order valence-corrected chi connectivity index (χ2v) is 5.62. The van der Waals surface area contributed by atoms with Crippen molar-refractivity contribution in [1.82, 2.24) is 0 Å². The first-order chi connectivity index (χ1) is 8.69.